The Morgan fingerprint density at radius 1 is 0.318 bits per heavy atom. The number of benzene rings is 10. The summed E-state index contributed by atoms with van der Waals surface area (Å²) in [6.07, 6.45) is 6.95. The van der Waals surface area contributed by atoms with Crippen molar-refractivity contribution in [1.82, 2.24) is 4.57 Å². The molecule has 1 aromatic heterocycles. The zero-order valence-electron chi connectivity index (χ0n) is 36.6. The van der Waals surface area contributed by atoms with Crippen LogP contribution in [0.4, 0.5) is 17.1 Å². The average molecular weight is 843 g/mol. The molecule has 0 N–H and O–H groups in total. The highest BCUT2D eigenvalue weighted by Gasteiger charge is 2.19. The van der Waals surface area contributed by atoms with E-state index in [4.69, 9.17) is 0 Å². The third-order valence-corrected chi connectivity index (χ3v) is 13.3. The third kappa shape index (κ3) is 7.19. The van der Waals surface area contributed by atoms with Crippen LogP contribution >= 0.6 is 0 Å². The topological polar surface area (TPSA) is 8.17 Å². The summed E-state index contributed by atoms with van der Waals surface area (Å²) in [5, 5.41) is 6.36. The molecule has 0 radical (unpaired) electrons. The van der Waals surface area contributed by atoms with Crippen molar-refractivity contribution in [2.75, 3.05) is 4.90 Å². The molecule has 0 bridgehead atoms. The molecular formula is C64H46N2. The van der Waals surface area contributed by atoms with E-state index in [1.54, 1.807) is 0 Å². The first-order valence-electron chi connectivity index (χ1n) is 23.0. The monoisotopic (exact) mass is 842 g/mol. The van der Waals surface area contributed by atoms with Gasteiger partial charge in [-0.05, 0) is 128 Å². The van der Waals surface area contributed by atoms with Crippen molar-refractivity contribution in [1.29, 1.82) is 0 Å². The third-order valence-electron chi connectivity index (χ3n) is 13.3. The molecule has 66 heavy (non-hydrogen) atoms. The zero-order valence-corrected chi connectivity index (χ0v) is 36.6. The molecule has 0 unspecified atom stereocenters. The van der Waals surface area contributed by atoms with Gasteiger partial charge in [-0.25, -0.2) is 0 Å². The van der Waals surface area contributed by atoms with Crippen LogP contribution in [0.15, 0.2) is 243 Å². The van der Waals surface area contributed by atoms with Crippen LogP contribution in [0.5, 0.6) is 0 Å². The standard InChI is InChI=1S/C64H46N2/c1-4-14-45(15-5-1)48-28-35-54(36-29-48)65(63-43-41-57(52-18-8-3-9-19-52)58-20-10-11-21-59(58)63)55-37-30-50(31-38-55)47-24-26-51(27-25-47)53-34-42-64-61(44-53)60-22-12-13-23-62(60)66(64)56-39-32-49(33-40-56)46-16-6-2-7-17-46/h1-11,14-44H,12-13H2. The van der Waals surface area contributed by atoms with Crippen LogP contribution in [0.2, 0.25) is 0 Å². The summed E-state index contributed by atoms with van der Waals surface area (Å²) in [6, 6.07) is 88.3. The van der Waals surface area contributed by atoms with Crippen molar-refractivity contribution in [3.8, 4) is 61.3 Å². The summed E-state index contributed by atoms with van der Waals surface area (Å²) >= 11 is 0. The first-order chi connectivity index (χ1) is 32.7. The zero-order chi connectivity index (χ0) is 43.8. The molecule has 0 atom stereocenters. The number of hydrogen-bond donors (Lipinski definition) is 0. The molecule has 0 fully saturated rings. The summed E-state index contributed by atoms with van der Waals surface area (Å²) in [4.78, 5) is 2.40. The van der Waals surface area contributed by atoms with Gasteiger partial charge >= 0.3 is 0 Å². The van der Waals surface area contributed by atoms with Gasteiger partial charge in [-0.2, -0.15) is 0 Å². The van der Waals surface area contributed by atoms with Gasteiger partial charge in [-0.15, -0.1) is 0 Å². The number of aromatic nitrogens is 1. The van der Waals surface area contributed by atoms with E-state index in [0.29, 0.717) is 0 Å². The fourth-order valence-corrected chi connectivity index (χ4v) is 9.96. The number of nitrogens with zero attached hydrogens (tertiary/aromatic N) is 2. The second-order valence-corrected chi connectivity index (χ2v) is 17.2. The van der Waals surface area contributed by atoms with E-state index in [-0.39, 0.29) is 0 Å². The summed E-state index contributed by atoms with van der Waals surface area (Å²) in [5.74, 6) is 0. The van der Waals surface area contributed by atoms with Crippen molar-refractivity contribution in [2.24, 2.45) is 0 Å². The molecule has 2 nitrogen and oxygen atoms in total. The van der Waals surface area contributed by atoms with Crippen LogP contribution in [0, 0.1) is 0 Å². The van der Waals surface area contributed by atoms with Crippen molar-refractivity contribution < 1.29 is 0 Å². The van der Waals surface area contributed by atoms with Gasteiger partial charge in [0.2, 0.25) is 0 Å². The number of anilines is 3. The van der Waals surface area contributed by atoms with E-state index in [1.165, 1.54) is 93.6 Å². The molecule has 0 aliphatic heterocycles. The Bertz CT molecular complexity index is 3630. The Balaban J connectivity index is 0.874. The maximum atomic E-state index is 2.44. The fourth-order valence-electron chi connectivity index (χ4n) is 9.96. The first-order valence-corrected chi connectivity index (χ1v) is 23.0. The Morgan fingerprint density at radius 2 is 0.758 bits per heavy atom. The highest BCUT2D eigenvalue weighted by Crippen LogP contribution is 2.43. The van der Waals surface area contributed by atoms with E-state index in [1.807, 2.05) is 0 Å². The predicted octanol–water partition coefficient (Wildman–Crippen LogP) is 15.9. The van der Waals surface area contributed by atoms with E-state index in [2.05, 4.69) is 264 Å². The molecule has 0 spiro atoms. The van der Waals surface area contributed by atoms with Crippen molar-refractivity contribution >= 4 is 50.9 Å². The Labute approximate surface area is 386 Å². The normalized spacial score (nSPS) is 12.1. The largest absolute Gasteiger partial charge is 0.310 e. The minimum Gasteiger partial charge on any atom is -0.310 e. The molecule has 0 saturated carbocycles. The predicted molar refractivity (Wildman–Crippen MR) is 280 cm³/mol. The van der Waals surface area contributed by atoms with Crippen LogP contribution in [0.1, 0.15) is 12.8 Å². The summed E-state index contributed by atoms with van der Waals surface area (Å²) in [5.41, 5.74) is 17.9. The van der Waals surface area contributed by atoms with Gasteiger partial charge in [-0.1, -0.05) is 200 Å². The van der Waals surface area contributed by atoms with Crippen molar-refractivity contribution in [3.05, 3.63) is 253 Å². The SMILES string of the molecule is C1=c2c(n(-c3ccc(-c4ccccc4)cc3)c3ccc(-c4ccc(-c5ccc(N(c6ccc(-c7ccccc7)cc6)c6ccc(-c7ccccc7)c7ccccc67)cc5)cc4)cc23)=CCC1. The van der Waals surface area contributed by atoms with E-state index in [9.17, 15) is 0 Å². The minimum atomic E-state index is 1.05. The van der Waals surface area contributed by atoms with Gasteiger partial charge in [-0.3, -0.25) is 0 Å². The molecule has 1 aliphatic carbocycles. The lowest BCUT2D eigenvalue weighted by Crippen LogP contribution is -2.30. The van der Waals surface area contributed by atoms with Gasteiger partial charge in [0.15, 0.2) is 0 Å². The number of rotatable bonds is 9. The molecule has 1 heterocycles. The van der Waals surface area contributed by atoms with E-state index < -0.39 is 0 Å². The molecule has 312 valence electrons. The minimum absolute atomic E-state index is 1.05. The maximum Gasteiger partial charge on any atom is 0.0541 e. The van der Waals surface area contributed by atoms with Crippen molar-refractivity contribution in [3.63, 3.8) is 0 Å². The Kier molecular flexibility index (Phi) is 10.0. The molecule has 2 heteroatoms. The smallest absolute Gasteiger partial charge is 0.0541 e. The van der Waals surface area contributed by atoms with Crippen LogP contribution in [-0.2, 0) is 0 Å². The molecule has 12 rings (SSSR count). The highest BCUT2D eigenvalue weighted by molar-refractivity contribution is 6.06. The molecule has 1 aliphatic rings. The lowest BCUT2D eigenvalue weighted by atomic mass is 9.96. The van der Waals surface area contributed by atoms with Crippen molar-refractivity contribution in [2.45, 2.75) is 12.8 Å². The van der Waals surface area contributed by atoms with Crippen LogP contribution in [-0.4, -0.2) is 4.57 Å². The molecule has 10 aromatic carbocycles. The van der Waals surface area contributed by atoms with E-state index >= 15 is 0 Å². The molecule has 0 saturated heterocycles. The van der Waals surface area contributed by atoms with Gasteiger partial charge in [0, 0.05) is 38.4 Å². The van der Waals surface area contributed by atoms with Crippen LogP contribution in [0.3, 0.4) is 0 Å². The Hall–Kier alpha value is -8.46. The second kappa shape index (κ2) is 16.9. The first kappa shape index (κ1) is 39.2. The maximum absolute atomic E-state index is 2.44. The highest BCUT2D eigenvalue weighted by atomic mass is 15.1. The fraction of sp³-hybridized carbons (Fsp3) is 0.0312. The lowest BCUT2D eigenvalue weighted by molar-refractivity contribution is 1.02. The average Bonchev–Trinajstić information content (AvgIpc) is 3.74. The van der Waals surface area contributed by atoms with Gasteiger partial charge < -0.3 is 9.47 Å². The quantitative estimate of drug-likeness (QED) is 0.141. The van der Waals surface area contributed by atoms with Gasteiger partial charge in [0.05, 0.1) is 11.2 Å². The summed E-state index contributed by atoms with van der Waals surface area (Å²) in [6.45, 7) is 0. The lowest BCUT2D eigenvalue weighted by Gasteiger charge is -2.28. The number of hydrogen-bond acceptors (Lipinski definition) is 1. The number of fused-ring (bicyclic) bond motifs is 4. The van der Waals surface area contributed by atoms with E-state index in [0.717, 1.165) is 29.9 Å². The second-order valence-electron chi connectivity index (χ2n) is 17.2. The Morgan fingerprint density at radius 3 is 1.33 bits per heavy atom. The van der Waals surface area contributed by atoms with Crippen LogP contribution in [0.25, 0.3) is 95.1 Å². The van der Waals surface area contributed by atoms with Crippen LogP contribution < -0.4 is 15.5 Å². The van der Waals surface area contributed by atoms with Gasteiger partial charge in [0.25, 0.3) is 0 Å². The molecule has 0 amide bonds. The molecule has 11 aromatic rings. The summed E-state index contributed by atoms with van der Waals surface area (Å²) < 4.78 is 2.44. The van der Waals surface area contributed by atoms with Gasteiger partial charge in [0.1, 0.15) is 0 Å². The molecular weight excluding hydrogens is 797 g/mol. The summed E-state index contributed by atoms with van der Waals surface area (Å²) in [7, 11) is 0.